The van der Waals surface area contributed by atoms with E-state index in [-0.39, 0.29) is 12.0 Å². The Morgan fingerprint density at radius 3 is 2.32 bits per heavy atom. The fraction of sp³-hybridized carbons (Fsp3) is 0.650. The maximum atomic E-state index is 13.3. The Balaban J connectivity index is 3.07. The maximum Gasteiger partial charge on any atom is 0.288 e. The number of carbonyl (C=O) groups is 1. The van der Waals surface area contributed by atoms with Crippen molar-refractivity contribution < 1.29 is 14.1 Å². The Labute approximate surface area is 150 Å². The lowest BCUT2D eigenvalue weighted by Crippen LogP contribution is -2.53. The van der Waals surface area contributed by atoms with E-state index in [1.807, 2.05) is 6.92 Å². The number of hydrogen-bond acceptors (Lipinski definition) is 3. The molecular weight excluding hydrogens is 321 g/mol. The molecule has 2 atom stereocenters. The molecule has 2 unspecified atom stereocenters. The average Bonchev–Trinajstić information content (AvgIpc) is 2.63. The van der Waals surface area contributed by atoms with Gasteiger partial charge in [-0.3, -0.25) is 19.3 Å². The van der Waals surface area contributed by atoms with Crippen molar-refractivity contribution in [1.82, 2.24) is 0 Å². The first-order valence-electron chi connectivity index (χ1n) is 9.34. The van der Waals surface area contributed by atoms with Crippen LogP contribution in [0.15, 0.2) is 30.3 Å². The standard InChI is InChI=1S/C20H30FNO3/c1-3-5-6-7-11-14-18(4-2)20(15-16-21,22(24)25)19(23)17-12-9-8-10-13-17/h8-10,12-13,18H,3-7,11,14-16H2,1-2H3. The molecule has 4 nitrogen and oxygen atoms in total. The Hall–Kier alpha value is -1.78. The van der Waals surface area contributed by atoms with E-state index < -0.39 is 28.8 Å². The summed E-state index contributed by atoms with van der Waals surface area (Å²) < 4.78 is 13.3. The molecule has 0 heterocycles. The number of unbranched alkanes of at least 4 members (excludes halogenated alkanes) is 4. The highest BCUT2D eigenvalue weighted by atomic mass is 19.1. The predicted molar refractivity (Wildman–Crippen MR) is 98.2 cm³/mol. The summed E-state index contributed by atoms with van der Waals surface area (Å²) in [5.74, 6) is -1.01. The van der Waals surface area contributed by atoms with Crippen molar-refractivity contribution in [3.8, 4) is 0 Å². The largest absolute Gasteiger partial charge is 0.288 e. The van der Waals surface area contributed by atoms with Crippen molar-refractivity contribution in [2.45, 2.75) is 70.8 Å². The quantitative estimate of drug-likeness (QED) is 0.200. The molecule has 0 saturated carbocycles. The summed E-state index contributed by atoms with van der Waals surface area (Å²) in [6.45, 7) is 3.11. The fourth-order valence-corrected chi connectivity index (χ4v) is 3.58. The average molecular weight is 351 g/mol. The van der Waals surface area contributed by atoms with Crippen LogP contribution in [0.5, 0.6) is 0 Å². The van der Waals surface area contributed by atoms with Crippen molar-refractivity contribution >= 4 is 5.78 Å². The highest BCUT2D eigenvalue weighted by molar-refractivity contribution is 6.02. The van der Waals surface area contributed by atoms with Crippen LogP contribution < -0.4 is 0 Å². The number of nitrogens with zero attached hydrogens (tertiary/aromatic N) is 1. The third-order valence-electron chi connectivity index (χ3n) is 5.05. The maximum absolute atomic E-state index is 13.3. The molecule has 0 aliphatic heterocycles. The second-order valence-electron chi connectivity index (χ2n) is 6.62. The number of alkyl halides is 1. The zero-order chi connectivity index (χ0) is 18.7. The normalized spacial score (nSPS) is 14.7. The van der Waals surface area contributed by atoms with Gasteiger partial charge in [-0.25, -0.2) is 0 Å². The van der Waals surface area contributed by atoms with Crippen LogP contribution in [0.1, 0.15) is 75.6 Å². The lowest BCUT2D eigenvalue weighted by molar-refractivity contribution is -0.562. The van der Waals surface area contributed by atoms with Gasteiger partial charge in [0.05, 0.1) is 13.1 Å². The van der Waals surface area contributed by atoms with E-state index in [2.05, 4.69) is 6.92 Å². The summed E-state index contributed by atoms with van der Waals surface area (Å²) in [5, 5.41) is 12.0. The highest BCUT2D eigenvalue weighted by Crippen LogP contribution is 2.36. The van der Waals surface area contributed by atoms with Crippen molar-refractivity contribution in [1.29, 1.82) is 0 Å². The van der Waals surface area contributed by atoms with Crippen LogP contribution in [0.2, 0.25) is 0 Å². The minimum absolute atomic E-state index is 0.289. The Bertz CT molecular complexity index is 535. The SMILES string of the molecule is CCCCCCCC(CC)C(CCF)(C(=O)c1ccccc1)[N+](=O)[O-]. The number of ketones is 1. The molecular formula is C20H30FNO3. The molecule has 0 bridgehead atoms. The van der Waals surface area contributed by atoms with Gasteiger partial charge in [-0.1, -0.05) is 76.3 Å². The highest BCUT2D eigenvalue weighted by Gasteiger charge is 2.55. The van der Waals surface area contributed by atoms with Crippen LogP contribution in [-0.4, -0.2) is 22.9 Å². The van der Waals surface area contributed by atoms with E-state index in [4.69, 9.17) is 0 Å². The Morgan fingerprint density at radius 2 is 1.80 bits per heavy atom. The van der Waals surface area contributed by atoms with Crippen LogP contribution in [-0.2, 0) is 0 Å². The van der Waals surface area contributed by atoms with E-state index in [0.29, 0.717) is 12.8 Å². The van der Waals surface area contributed by atoms with E-state index in [1.165, 1.54) is 0 Å². The summed E-state index contributed by atoms with van der Waals surface area (Å²) >= 11 is 0. The molecule has 0 aromatic heterocycles. The first kappa shape index (κ1) is 21.3. The smallest absolute Gasteiger partial charge is 0.286 e. The van der Waals surface area contributed by atoms with Gasteiger partial charge in [0.15, 0.2) is 0 Å². The topological polar surface area (TPSA) is 60.2 Å². The monoisotopic (exact) mass is 351 g/mol. The number of halogens is 1. The molecule has 0 N–H and O–H groups in total. The summed E-state index contributed by atoms with van der Waals surface area (Å²) in [6, 6.07) is 8.27. The molecule has 140 valence electrons. The lowest BCUT2D eigenvalue weighted by atomic mass is 9.72. The summed E-state index contributed by atoms with van der Waals surface area (Å²) in [6.07, 6.45) is 5.91. The number of Topliss-reactive ketones (excluding diaryl/α,β-unsaturated/α-hetero) is 1. The lowest BCUT2D eigenvalue weighted by Gasteiger charge is -2.31. The zero-order valence-electron chi connectivity index (χ0n) is 15.4. The summed E-state index contributed by atoms with van der Waals surface area (Å²) in [5.41, 5.74) is -1.58. The van der Waals surface area contributed by atoms with Gasteiger partial charge >= 0.3 is 0 Å². The number of hydrogen-bond donors (Lipinski definition) is 0. The first-order valence-corrected chi connectivity index (χ1v) is 9.34. The molecule has 1 aromatic rings. The van der Waals surface area contributed by atoms with Gasteiger partial charge in [-0.05, 0) is 12.8 Å². The van der Waals surface area contributed by atoms with Crippen molar-refractivity contribution in [2.75, 3.05) is 6.67 Å². The van der Waals surface area contributed by atoms with Crippen LogP contribution in [0.25, 0.3) is 0 Å². The summed E-state index contributed by atoms with van der Waals surface area (Å²) in [4.78, 5) is 24.5. The minimum Gasteiger partial charge on any atom is -0.286 e. The van der Waals surface area contributed by atoms with Crippen LogP contribution >= 0.6 is 0 Å². The van der Waals surface area contributed by atoms with Gasteiger partial charge in [0, 0.05) is 16.4 Å². The van der Waals surface area contributed by atoms with E-state index in [1.54, 1.807) is 30.3 Å². The molecule has 0 aliphatic rings. The van der Waals surface area contributed by atoms with Gasteiger partial charge in [-0.15, -0.1) is 0 Å². The third-order valence-corrected chi connectivity index (χ3v) is 5.05. The number of carbonyl (C=O) groups excluding carboxylic acids is 1. The summed E-state index contributed by atoms with van der Waals surface area (Å²) in [7, 11) is 0. The van der Waals surface area contributed by atoms with Gasteiger partial charge in [-0.2, -0.15) is 0 Å². The molecule has 1 rings (SSSR count). The molecule has 1 aromatic carbocycles. The van der Waals surface area contributed by atoms with Crippen molar-refractivity contribution in [3.05, 3.63) is 46.0 Å². The molecule has 0 aliphatic carbocycles. The molecule has 5 heteroatoms. The molecule has 25 heavy (non-hydrogen) atoms. The zero-order valence-corrected chi connectivity index (χ0v) is 15.4. The van der Waals surface area contributed by atoms with Gasteiger partial charge in [0.2, 0.25) is 5.78 Å². The fourth-order valence-electron chi connectivity index (χ4n) is 3.58. The Kier molecular flexibility index (Phi) is 9.32. The van der Waals surface area contributed by atoms with Crippen molar-refractivity contribution in [2.24, 2.45) is 5.92 Å². The molecule has 0 amide bonds. The predicted octanol–water partition coefficient (Wildman–Crippen LogP) is 5.63. The number of benzene rings is 1. The second kappa shape index (κ2) is 11.0. The molecule has 0 fully saturated rings. The van der Waals surface area contributed by atoms with E-state index in [0.717, 1.165) is 32.1 Å². The number of nitro groups is 1. The molecule has 0 saturated heterocycles. The number of rotatable bonds is 13. The van der Waals surface area contributed by atoms with Crippen LogP contribution in [0.3, 0.4) is 0 Å². The van der Waals surface area contributed by atoms with Gasteiger partial charge < -0.3 is 0 Å². The van der Waals surface area contributed by atoms with Crippen molar-refractivity contribution in [3.63, 3.8) is 0 Å². The van der Waals surface area contributed by atoms with Crippen LogP contribution in [0.4, 0.5) is 4.39 Å². The molecule has 0 radical (unpaired) electrons. The minimum atomic E-state index is -1.87. The van der Waals surface area contributed by atoms with Gasteiger partial charge in [0.25, 0.3) is 5.54 Å². The third kappa shape index (κ3) is 5.35. The Morgan fingerprint density at radius 1 is 1.16 bits per heavy atom. The van der Waals surface area contributed by atoms with E-state index >= 15 is 0 Å². The second-order valence-corrected chi connectivity index (χ2v) is 6.62. The van der Waals surface area contributed by atoms with Crippen LogP contribution in [0, 0.1) is 16.0 Å². The molecule has 0 spiro atoms. The van der Waals surface area contributed by atoms with E-state index in [9.17, 15) is 19.3 Å². The first-order chi connectivity index (χ1) is 12.0. The van der Waals surface area contributed by atoms with Gasteiger partial charge in [0.1, 0.15) is 0 Å².